The van der Waals surface area contributed by atoms with Gasteiger partial charge in [-0.15, -0.1) is 0 Å². The van der Waals surface area contributed by atoms with Crippen molar-refractivity contribution < 1.29 is 33.7 Å². The Kier molecular flexibility index (Phi) is 6.64. The molecule has 0 heterocycles. The standard InChI is InChI=1S/C27H40O7/c1-16(28)32-15-24(34-18(3)30)27(31)13-10-23-21-7-6-19-14-20(33-17(2)29)8-11-25(19,4)22(21)9-12-26(23,27)5/h6,20-24,31H,7-15H2,1-5H3/t20-,21+,22-,23-,24-,25-,26-,27+/m0/s1. The van der Waals surface area contributed by atoms with Crippen LogP contribution in [0, 0.1) is 28.6 Å². The molecule has 0 saturated heterocycles. The molecule has 0 bridgehead atoms. The van der Waals surface area contributed by atoms with Gasteiger partial charge in [0.1, 0.15) is 18.3 Å². The van der Waals surface area contributed by atoms with E-state index in [0.717, 1.165) is 44.9 Å². The maximum Gasteiger partial charge on any atom is 0.303 e. The maximum atomic E-state index is 12.0. The first-order chi connectivity index (χ1) is 15.9. The molecule has 190 valence electrons. The van der Waals surface area contributed by atoms with Crippen LogP contribution in [0.1, 0.15) is 86.0 Å². The average molecular weight is 477 g/mol. The Labute approximate surface area is 202 Å². The molecule has 0 radical (unpaired) electrons. The van der Waals surface area contributed by atoms with Gasteiger partial charge >= 0.3 is 17.9 Å². The number of carbonyl (C=O) groups is 3. The van der Waals surface area contributed by atoms with Crippen LogP contribution in [-0.2, 0) is 28.6 Å². The highest BCUT2D eigenvalue weighted by molar-refractivity contribution is 5.67. The Balaban J connectivity index is 1.58. The lowest BCUT2D eigenvalue weighted by molar-refractivity contribution is -0.206. The number of fused-ring (bicyclic) bond motifs is 5. The molecule has 0 aliphatic heterocycles. The van der Waals surface area contributed by atoms with Gasteiger partial charge in [-0.3, -0.25) is 14.4 Å². The zero-order chi connectivity index (χ0) is 24.9. The van der Waals surface area contributed by atoms with Crippen LogP contribution >= 0.6 is 0 Å². The molecule has 0 aromatic carbocycles. The van der Waals surface area contributed by atoms with Crippen LogP contribution in [0.3, 0.4) is 0 Å². The molecular formula is C27H40O7. The minimum atomic E-state index is -1.23. The van der Waals surface area contributed by atoms with E-state index in [4.69, 9.17) is 14.2 Å². The molecule has 0 spiro atoms. The van der Waals surface area contributed by atoms with Gasteiger partial charge in [-0.25, -0.2) is 0 Å². The fraction of sp³-hybridized carbons (Fsp3) is 0.815. The molecule has 8 atom stereocenters. The van der Waals surface area contributed by atoms with Gasteiger partial charge < -0.3 is 19.3 Å². The first-order valence-electron chi connectivity index (χ1n) is 12.8. The van der Waals surface area contributed by atoms with E-state index in [2.05, 4.69) is 19.9 Å². The van der Waals surface area contributed by atoms with Crippen LogP contribution in [0.5, 0.6) is 0 Å². The van der Waals surface area contributed by atoms with E-state index in [1.54, 1.807) is 0 Å². The summed E-state index contributed by atoms with van der Waals surface area (Å²) in [5.41, 5.74) is -0.141. The molecule has 3 saturated carbocycles. The minimum absolute atomic E-state index is 0.0235. The highest BCUT2D eigenvalue weighted by Gasteiger charge is 2.66. The minimum Gasteiger partial charge on any atom is -0.462 e. The number of hydrogen-bond acceptors (Lipinski definition) is 7. The van der Waals surface area contributed by atoms with E-state index in [1.807, 2.05) is 0 Å². The number of rotatable bonds is 5. The van der Waals surface area contributed by atoms with Gasteiger partial charge in [-0.05, 0) is 68.1 Å². The SMILES string of the molecule is CC(=O)OC[C@H](OC(C)=O)[C@]1(O)CC[C@H]2[C@@H]3CC=C4C[C@@H](OC(C)=O)CC[C@]4(C)[C@H]3CC[C@@]21C. The largest absolute Gasteiger partial charge is 0.462 e. The van der Waals surface area contributed by atoms with Gasteiger partial charge in [0.05, 0.1) is 0 Å². The second kappa shape index (κ2) is 8.96. The molecule has 0 aromatic rings. The first-order valence-corrected chi connectivity index (χ1v) is 12.8. The summed E-state index contributed by atoms with van der Waals surface area (Å²) in [6.07, 6.45) is 8.38. The Hall–Kier alpha value is -1.89. The summed E-state index contributed by atoms with van der Waals surface area (Å²) in [6, 6.07) is 0. The lowest BCUT2D eigenvalue weighted by Crippen LogP contribution is -2.60. The Bertz CT molecular complexity index is 880. The average Bonchev–Trinajstić information content (AvgIpc) is 3.02. The van der Waals surface area contributed by atoms with Crippen LogP contribution < -0.4 is 0 Å². The summed E-state index contributed by atoms with van der Waals surface area (Å²) in [4.78, 5) is 34.8. The van der Waals surface area contributed by atoms with E-state index in [9.17, 15) is 19.5 Å². The van der Waals surface area contributed by atoms with E-state index >= 15 is 0 Å². The second-order valence-electron chi connectivity index (χ2n) is 11.6. The summed E-state index contributed by atoms with van der Waals surface area (Å²) in [6.45, 7) is 8.53. The molecule has 0 amide bonds. The van der Waals surface area contributed by atoms with Crippen molar-refractivity contribution in [2.75, 3.05) is 6.61 Å². The maximum absolute atomic E-state index is 12.0. The van der Waals surface area contributed by atoms with Gasteiger partial charge in [0.2, 0.25) is 0 Å². The Morgan fingerprint density at radius 2 is 1.71 bits per heavy atom. The lowest BCUT2D eigenvalue weighted by atomic mass is 9.46. The van der Waals surface area contributed by atoms with Gasteiger partial charge in [-0.2, -0.15) is 0 Å². The molecule has 34 heavy (non-hydrogen) atoms. The van der Waals surface area contributed by atoms with E-state index in [0.29, 0.717) is 24.2 Å². The van der Waals surface area contributed by atoms with Crippen molar-refractivity contribution in [2.45, 2.75) is 104 Å². The number of aliphatic hydroxyl groups is 1. The molecule has 4 rings (SSSR count). The number of allylic oxidation sites excluding steroid dienone is 1. The molecule has 7 nitrogen and oxygen atoms in total. The van der Waals surface area contributed by atoms with Crippen molar-refractivity contribution >= 4 is 17.9 Å². The van der Waals surface area contributed by atoms with Crippen LogP contribution in [0.4, 0.5) is 0 Å². The third-order valence-corrected chi connectivity index (χ3v) is 9.89. The van der Waals surface area contributed by atoms with Crippen LogP contribution in [-0.4, -0.2) is 47.4 Å². The quantitative estimate of drug-likeness (QED) is 0.362. The zero-order valence-electron chi connectivity index (χ0n) is 21.2. The smallest absolute Gasteiger partial charge is 0.303 e. The summed E-state index contributed by atoms with van der Waals surface area (Å²) in [5, 5.41) is 12.0. The highest BCUT2D eigenvalue weighted by atomic mass is 16.6. The monoisotopic (exact) mass is 476 g/mol. The molecule has 3 fully saturated rings. The number of ether oxygens (including phenoxy) is 3. The summed E-state index contributed by atoms with van der Waals surface area (Å²) >= 11 is 0. The van der Waals surface area contributed by atoms with E-state index < -0.39 is 29.1 Å². The third kappa shape index (κ3) is 4.08. The van der Waals surface area contributed by atoms with Crippen molar-refractivity contribution in [1.29, 1.82) is 0 Å². The van der Waals surface area contributed by atoms with Crippen molar-refractivity contribution in [3.8, 4) is 0 Å². The summed E-state index contributed by atoms with van der Waals surface area (Å²) in [7, 11) is 0. The molecular weight excluding hydrogens is 436 g/mol. The zero-order valence-corrected chi connectivity index (χ0v) is 21.2. The fourth-order valence-electron chi connectivity index (χ4n) is 8.21. The normalized spacial score (nSPS) is 41.8. The number of carbonyl (C=O) groups excluding carboxylic acids is 3. The predicted molar refractivity (Wildman–Crippen MR) is 124 cm³/mol. The number of esters is 3. The van der Waals surface area contributed by atoms with Crippen molar-refractivity contribution in [2.24, 2.45) is 28.6 Å². The van der Waals surface area contributed by atoms with Gasteiger partial charge in [0.25, 0.3) is 0 Å². The van der Waals surface area contributed by atoms with Gasteiger partial charge in [-0.1, -0.05) is 25.5 Å². The van der Waals surface area contributed by atoms with Crippen molar-refractivity contribution in [3.63, 3.8) is 0 Å². The molecule has 4 aliphatic carbocycles. The summed E-state index contributed by atoms with van der Waals surface area (Å²) < 4.78 is 16.3. The third-order valence-electron chi connectivity index (χ3n) is 9.89. The highest BCUT2D eigenvalue weighted by Crippen LogP contribution is 2.67. The molecule has 0 aromatic heterocycles. The fourth-order valence-corrected chi connectivity index (χ4v) is 8.21. The predicted octanol–water partition coefficient (Wildman–Crippen LogP) is 4.11. The van der Waals surface area contributed by atoms with Crippen molar-refractivity contribution in [1.82, 2.24) is 0 Å². The second-order valence-corrected chi connectivity index (χ2v) is 11.6. The van der Waals surface area contributed by atoms with E-state index in [-0.39, 0.29) is 24.1 Å². The van der Waals surface area contributed by atoms with Crippen LogP contribution in [0.2, 0.25) is 0 Å². The first kappa shape index (κ1) is 25.2. The molecule has 0 unspecified atom stereocenters. The van der Waals surface area contributed by atoms with Gasteiger partial charge in [0, 0.05) is 32.6 Å². The van der Waals surface area contributed by atoms with Crippen molar-refractivity contribution in [3.05, 3.63) is 11.6 Å². The molecule has 7 heteroatoms. The topological polar surface area (TPSA) is 99.1 Å². The van der Waals surface area contributed by atoms with Crippen LogP contribution in [0.15, 0.2) is 11.6 Å². The molecule has 1 N–H and O–H groups in total. The molecule has 4 aliphatic rings. The van der Waals surface area contributed by atoms with Crippen LogP contribution in [0.25, 0.3) is 0 Å². The Morgan fingerprint density at radius 3 is 2.35 bits per heavy atom. The number of hydrogen-bond donors (Lipinski definition) is 1. The van der Waals surface area contributed by atoms with E-state index in [1.165, 1.54) is 26.3 Å². The Morgan fingerprint density at radius 1 is 1.00 bits per heavy atom. The lowest BCUT2D eigenvalue weighted by Gasteiger charge is -2.59. The summed E-state index contributed by atoms with van der Waals surface area (Å²) in [5.74, 6) is 0.121. The van der Waals surface area contributed by atoms with Gasteiger partial charge in [0.15, 0.2) is 6.10 Å².